The third-order valence-electron chi connectivity index (χ3n) is 2.68. The van der Waals surface area contributed by atoms with Gasteiger partial charge in [0.05, 0.1) is 0 Å². The van der Waals surface area contributed by atoms with Crippen LogP contribution in [0.2, 0.25) is 0 Å². The van der Waals surface area contributed by atoms with Crippen LogP contribution in [-0.4, -0.2) is 11.1 Å². The molecule has 1 N–H and O–H groups in total. The van der Waals surface area contributed by atoms with Crippen LogP contribution in [0.3, 0.4) is 0 Å². The summed E-state index contributed by atoms with van der Waals surface area (Å²) in [7, 11) is 0. The van der Waals surface area contributed by atoms with Crippen molar-refractivity contribution in [2.45, 2.75) is 5.60 Å². The molecule has 0 fully saturated rings. The summed E-state index contributed by atoms with van der Waals surface area (Å²) in [5, 5.41) is 21.6. The van der Waals surface area contributed by atoms with Gasteiger partial charge >= 0.3 is 5.97 Å². The zero-order valence-corrected chi connectivity index (χ0v) is 9.04. The maximum atomic E-state index is 11.3. The Labute approximate surface area is 99.0 Å². The molecule has 0 aliphatic carbocycles. The molecule has 0 aliphatic heterocycles. The number of hydrogen-bond donors (Lipinski definition) is 1. The average molecular weight is 227 g/mol. The van der Waals surface area contributed by atoms with Crippen molar-refractivity contribution in [3.8, 4) is 0 Å². The van der Waals surface area contributed by atoms with Crippen LogP contribution in [0.25, 0.3) is 0 Å². The number of rotatable bonds is 3. The van der Waals surface area contributed by atoms with E-state index in [4.69, 9.17) is 0 Å². The number of aliphatic hydroxyl groups is 1. The van der Waals surface area contributed by atoms with Gasteiger partial charge in [-0.1, -0.05) is 60.7 Å². The topological polar surface area (TPSA) is 57.2 Å². The van der Waals surface area contributed by atoms with Gasteiger partial charge in [0.25, 0.3) is 0 Å². The molecule has 0 spiro atoms. The summed E-state index contributed by atoms with van der Waals surface area (Å²) < 4.78 is 0. The lowest BCUT2D eigenvalue weighted by Crippen LogP contribution is -2.35. The first-order chi connectivity index (χ1) is 8.15. The van der Waals surface area contributed by atoms with E-state index in [9.17, 15) is 15.0 Å². The highest BCUT2D eigenvalue weighted by atomic mass is 16.4. The predicted molar refractivity (Wildman–Crippen MR) is 61.6 cm³/mol. The summed E-state index contributed by atoms with van der Waals surface area (Å²) >= 11 is 0. The molecule has 2 rings (SSSR count). The predicted octanol–water partition coefficient (Wildman–Crippen LogP) is 1.88. The molecule has 0 aliphatic rings. The maximum Gasteiger partial charge on any atom is 0.395 e. The van der Waals surface area contributed by atoms with Gasteiger partial charge in [0, 0.05) is 0 Å². The van der Waals surface area contributed by atoms with Crippen molar-refractivity contribution in [1.82, 2.24) is 0 Å². The molecule has 0 saturated carbocycles. The van der Waals surface area contributed by atoms with Crippen molar-refractivity contribution in [3.63, 3.8) is 0 Å². The van der Waals surface area contributed by atoms with E-state index in [1.165, 1.54) is 0 Å². The summed E-state index contributed by atoms with van der Waals surface area (Å²) in [5.74, 6) is -1.53. The Morgan fingerprint density at radius 1 is 0.824 bits per heavy atom. The Morgan fingerprint density at radius 3 is 1.47 bits per heavy atom. The fraction of sp³-hybridized carbons (Fsp3) is 0.0714. The molecule has 3 heteroatoms. The van der Waals surface area contributed by atoms with E-state index >= 15 is 0 Å². The van der Waals surface area contributed by atoms with Gasteiger partial charge in [-0.15, -0.1) is 0 Å². The Hall–Kier alpha value is -2.13. The quantitative estimate of drug-likeness (QED) is 0.870. The Bertz CT molecular complexity index is 466. The minimum Gasteiger partial charge on any atom is -0.370 e. The van der Waals surface area contributed by atoms with Crippen LogP contribution >= 0.6 is 0 Å². The van der Waals surface area contributed by atoms with E-state index in [2.05, 4.69) is 0 Å². The first-order valence-electron chi connectivity index (χ1n) is 5.20. The van der Waals surface area contributed by atoms with Crippen LogP contribution in [0.4, 0.5) is 0 Å². The molecule has 0 unspecified atom stereocenters. The fourth-order valence-corrected chi connectivity index (χ4v) is 1.76. The molecule has 0 atom stereocenters. The molecule has 85 valence electrons. The Balaban J connectivity index is 2.59. The van der Waals surface area contributed by atoms with Crippen molar-refractivity contribution in [2.75, 3.05) is 0 Å². The van der Waals surface area contributed by atoms with Gasteiger partial charge < -0.3 is 5.11 Å². The average Bonchev–Trinajstić information content (AvgIpc) is 2.39. The fourth-order valence-electron chi connectivity index (χ4n) is 1.76. The summed E-state index contributed by atoms with van der Waals surface area (Å²) in [6, 6.07) is 16.4. The van der Waals surface area contributed by atoms with Gasteiger partial charge in [-0.2, -0.15) is 0 Å². The minimum absolute atomic E-state index is 0.284. The van der Waals surface area contributed by atoms with Crippen LogP contribution in [0.5, 0.6) is 0 Å². The number of hydrogen-bond acceptors (Lipinski definition) is 2. The number of carbonyl (C=O) groups excluding carboxylic acids is 1. The molecule has 0 bridgehead atoms. The summed E-state index contributed by atoms with van der Waals surface area (Å²) in [4.78, 5) is 11.3. The molecular formula is C14H11O3. The highest BCUT2D eigenvalue weighted by Crippen LogP contribution is 2.29. The zero-order chi connectivity index (χ0) is 12.3. The Kier molecular flexibility index (Phi) is 2.93. The Morgan fingerprint density at radius 2 is 1.18 bits per heavy atom. The molecule has 0 saturated heterocycles. The van der Waals surface area contributed by atoms with Gasteiger partial charge in [0.1, 0.15) is 0 Å². The number of benzene rings is 2. The van der Waals surface area contributed by atoms with Gasteiger partial charge in [0.15, 0.2) is 0 Å². The zero-order valence-electron chi connectivity index (χ0n) is 9.04. The largest absolute Gasteiger partial charge is 0.395 e. The summed E-state index contributed by atoms with van der Waals surface area (Å²) in [5.41, 5.74) is -1.54. The lowest BCUT2D eigenvalue weighted by Gasteiger charge is -2.23. The second kappa shape index (κ2) is 4.39. The molecule has 0 amide bonds. The first kappa shape index (κ1) is 11.4. The molecule has 2 aromatic rings. The lowest BCUT2D eigenvalue weighted by atomic mass is 9.86. The molecule has 0 heterocycles. The third kappa shape index (κ3) is 1.92. The monoisotopic (exact) mass is 227 g/mol. The third-order valence-corrected chi connectivity index (χ3v) is 2.68. The second-order valence-electron chi connectivity index (χ2n) is 3.73. The molecule has 0 aromatic heterocycles. The van der Waals surface area contributed by atoms with E-state index in [1.54, 1.807) is 60.7 Å². The molecule has 1 radical (unpaired) electrons. The van der Waals surface area contributed by atoms with Crippen molar-refractivity contribution in [3.05, 3.63) is 71.8 Å². The van der Waals surface area contributed by atoms with Gasteiger partial charge in [0.2, 0.25) is 5.60 Å². The smallest absolute Gasteiger partial charge is 0.370 e. The summed E-state index contributed by atoms with van der Waals surface area (Å²) in [6.07, 6.45) is 0. The molecule has 2 aromatic carbocycles. The maximum absolute atomic E-state index is 11.3. The summed E-state index contributed by atoms with van der Waals surface area (Å²) in [6.45, 7) is 0. The van der Waals surface area contributed by atoms with Gasteiger partial charge in [-0.25, -0.2) is 9.90 Å². The molecule has 3 nitrogen and oxygen atoms in total. The normalized spacial score (nSPS) is 11.1. The standard InChI is InChI=1S/C14H11O3/c15-13(16)14(17,11-7-3-1-4-8-11)12-9-5-2-6-10-12/h1-10,17H. The van der Waals surface area contributed by atoms with E-state index < -0.39 is 11.6 Å². The van der Waals surface area contributed by atoms with E-state index in [-0.39, 0.29) is 11.1 Å². The van der Waals surface area contributed by atoms with Crippen molar-refractivity contribution in [1.29, 1.82) is 0 Å². The van der Waals surface area contributed by atoms with Crippen LogP contribution in [0.15, 0.2) is 60.7 Å². The first-order valence-corrected chi connectivity index (χ1v) is 5.20. The van der Waals surface area contributed by atoms with Crippen LogP contribution < -0.4 is 0 Å². The van der Waals surface area contributed by atoms with Crippen molar-refractivity contribution < 1.29 is 15.0 Å². The SMILES string of the molecule is [O]C(=O)C(O)(c1ccccc1)c1ccccc1. The second-order valence-corrected chi connectivity index (χ2v) is 3.73. The van der Waals surface area contributed by atoms with E-state index in [0.29, 0.717) is 0 Å². The van der Waals surface area contributed by atoms with E-state index in [0.717, 1.165) is 0 Å². The van der Waals surface area contributed by atoms with Gasteiger partial charge in [-0.3, -0.25) is 0 Å². The van der Waals surface area contributed by atoms with Gasteiger partial charge in [-0.05, 0) is 11.1 Å². The molecular weight excluding hydrogens is 216 g/mol. The van der Waals surface area contributed by atoms with Crippen LogP contribution in [0.1, 0.15) is 11.1 Å². The number of carbonyl (C=O) groups is 1. The van der Waals surface area contributed by atoms with Crippen LogP contribution in [0, 0.1) is 0 Å². The van der Waals surface area contributed by atoms with Crippen LogP contribution in [-0.2, 0) is 15.5 Å². The van der Waals surface area contributed by atoms with Crippen molar-refractivity contribution >= 4 is 5.97 Å². The van der Waals surface area contributed by atoms with Crippen molar-refractivity contribution in [2.24, 2.45) is 0 Å². The lowest BCUT2D eigenvalue weighted by molar-refractivity contribution is -0.161. The highest BCUT2D eigenvalue weighted by Gasteiger charge is 2.41. The highest BCUT2D eigenvalue weighted by molar-refractivity contribution is 5.83. The minimum atomic E-state index is -2.11. The van der Waals surface area contributed by atoms with E-state index in [1.807, 2.05) is 0 Å². The molecule has 17 heavy (non-hydrogen) atoms.